The lowest BCUT2D eigenvalue weighted by Crippen LogP contribution is -2.28. The van der Waals surface area contributed by atoms with E-state index in [-0.39, 0.29) is 25.0 Å². The molecule has 1 aromatic heterocycles. The molecule has 2 aromatic carbocycles. The Morgan fingerprint density at radius 3 is 2.59 bits per heavy atom. The van der Waals surface area contributed by atoms with Crippen LogP contribution in [0.5, 0.6) is 5.75 Å². The van der Waals surface area contributed by atoms with E-state index in [1.807, 2.05) is 38.2 Å². The van der Waals surface area contributed by atoms with Crippen molar-refractivity contribution in [3.05, 3.63) is 59.8 Å². The standard InChI is InChI=1S/C20H21N3O4/c1-13(14-7-9-15(10-8-14)27-12-20(25)26)21-19(24)11-17-16-5-3-4-6-18(16)23(2)22-17/h3-10,13H,11-12H2,1-2H3,(H,21,24)(H,25,26). The van der Waals surface area contributed by atoms with Crippen LogP contribution in [-0.4, -0.2) is 33.4 Å². The first-order valence-corrected chi connectivity index (χ1v) is 8.58. The number of carboxylic acid groups (broad SMARTS) is 1. The first-order valence-electron chi connectivity index (χ1n) is 8.58. The molecule has 0 aliphatic carbocycles. The zero-order chi connectivity index (χ0) is 19.4. The Hall–Kier alpha value is -3.35. The van der Waals surface area contributed by atoms with E-state index in [2.05, 4.69) is 10.4 Å². The van der Waals surface area contributed by atoms with Crippen molar-refractivity contribution < 1.29 is 19.4 Å². The largest absolute Gasteiger partial charge is 0.482 e. The summed E-state index contributed by atoms with van der Waals surface area (Å²) in [6, 6.07) is 14.6. The van der Waals surface area contributed by atoms with Crippen LogP contribution < -0.4 is 10.1 Å². The molecule has 2 N–H and O–H groups in total. The Morgan fingerprint density at radius 2 is 1.89 bits per heavy atom. The third kappa shape index (κ3) is 4.44. The molecule has 0 bridgehead atoms. The first-order chi connectivity index (χ1) is 12.9. The summed E-state index contributed by atoms with van der Waals surface area (Å²) < 4.78 is 6.88. The summed E-state index contributed by atoms with van der Waals surface area (Å²) in [7, 11) is 1.86. The minimum atomic E-state index is -1.03. The lowest BCUT2D eigenvalue weighted by atomic mass is 10.1. The number of nitrogens with one attached hydrogen (secondary N) is 1. The molecule has 140 valence electrons. The summed E-state index contributed by atoms with van der Waals surface area (Å²) in [6.07, 6.45) is 0.200. The molecule has 0 radical (unpaired) electrons. The summed E-state index contributed by atoms with van der Waals surface area (Å²) in [5.41, 5.74) is 2.64. The number of fused-ring (bicyclic) bond motifs is 1. The molecule has 1 heterocycles. The Kier molecular flexibility index (Phi) is 5.40. The van der Waals surface area contributed by atoms with E-state index in [9.17, 15) is 9.59 Å². The highest BCUT2D eigenvalue weighted by atomic mass is 16.5. The normalized spacial score (nSPS) is 11.9. The SMILES string of the molecule is CC(NC(=O)Cc1nn(C)c2ccccc12)c1ccc(OCC(=O)O)cc1. The Bertz CT molecular complexity index is 963. The molecule has 0 spiro atoms. The molecule has 27 heavy (non-hydrogen) atoms. The number of hydrogen-bond donors (Lipinski definition) is 2. The zero-order valence-corrected chi connectivity index (χ0v) is 15.2. The number of rotatable bonds is 7. The topological polar surface area (TPSA) is 93.5 Å². The number of aliphatic carboxylic acids is 1. The monoisotopic (exact) mass is 367 g/mol. The van der Waals surface area contributed by atoms with Crippen molar-refractivity contribution in [3.63, 3.8) is 0 Å². The van der Waals surface area contributed by atoms with E-state index < -0.39 is 5.97 Å². The van der Waals surface area contributed by atoms with Crippen LogP contribution in [0.25, 0.3) is 10.9 Å². The number of carbonyl (C=O) groups is 2. The number of carboxylic acids is 1. The second-order valence-corrected chi connectivity index (χ2v) is 6.30. The van der Waals surface area contributed by atoms with E-state index >= 15 is 0 Å². The van der Waals surface area contributed by atoms with Crippen LogP contribution in [0, 0.1) is 0 Å². The van der Waals surface area contributed by atoms with Crippen LogP contribution >= 0.6 is 0 Å². The van der Waals surface area contributed by atoms with Crippen LogP contribution in [-0.2, 0) is 23.1 Å². The van der Waals surface area contributed by atoms with E-state index in [1.54, 1.807) is 28.9 Å². The fourth-order valence-electron chi connectivity index (χ4n) is 2.94. The quantitative estimate of drug-likeness (QED) is 0.669. The summed E-state index contributed by atoms with van der Waals surface area (Å²) >= 11 is 0. The van der Waals surface area contributed by atoms with Crippen molar-refractivity contribution in [2.75, 3.05) is 6.61 Å². The van der Waals surface area contributed by atoms with Crippen molar-refractivity contribution >= 4 is 22.8 Å². The number of carbonyl (C=O) groups excluding carboxylic acids is 1. The zero-order valence-electron chi connectivity index (χ0n) is 15.2. The number of aromatic nitrogens is 2. The molecule has 3 aromatic rings. The number of hydrogen-bond acceptors (Lipinski definition) is 4. The molecule has 1 amide bonds. The number of nitrogens with zero attached hydrogens (tertiary/aromatic N) is 2. The van der Waals surface area contributed by atoms with Gasteiger partial charge in [0.2, 0.25) is 5.91 Å². The van der Waals surface area contributed by atoms with Gasteiger partial charge in [0.1, 0.15) is 5.75 Å². The Labute approximate surface area is 156 Å². The van der Waals surface area contributed by atoms with Gasteiger partial charge in [-0.1, -0.05) is 30.3 Å². The highest BCUT2D eigenvalue weighted by Gasteiger charge is 2.15. The van der Waals surface area contributed by atoms with Gasteiger partial charge in [0.15, 0.2) is 6.61 Å². The van der Waals surface area contributed by atoms with Crippen molar-refractivity contribution in [2.45, 2.75) is 19.4 Å². The summed E-state index contributed by atoms with van der Waals surface area (Å²) in [5, 5.41) is 17.0. The summed E-state index contributed by atoms with van der Waals surface area (Å²) in [4.78, 5) is 23.0. The first kappa shape index (κ1) is 18.4. The average Bonchev–Trinajstić information content (AvgIpc) is 2.96. The molecular formula is C20H21N3O4. The minimum Gasteiger partial charge on any atom is -0.482 e. The van der Waals surface area contributed by atoms with Gasteiger partial charge in [0.05, 0.1) is 23.7 Å². The molecule has 3 rings (SSSR count). The molecule has 0 fully saturated rings. The maximum atomic E-state index is 12.4. The lowest BCUT2D eigenvalue weighted by Gasteiger charge is -2.14. The smallest absolute Gasteiger partial charge is 0.341 e. The molecule has 0 saturated heterocycles. The van der Waals surface area contributed by atoms with Gasteiger partial charge in [-0.3, -0.25) is 9.48 Å². The number of amides is 1. The van der Waals surface area contributed by atoms with E-state index in [1.165, 1.54) is 0 Å². The van der Waals surface area contributed by atoms with E-state index in [0.29, 0.717) is 5.75 Å². The molecular weight excluding hydrogens is 346 g/mol. The van der Waals surface area contributed by atoms with Crippen molar-refractivity contribution in [2.24, 2.45) is 7.05 Å². The maximum absolute atomic E-state index is 12.4. The molecule has 1 atom stereocenters. The highest BCUT2D eigenvalue weighted by molar-refractivity contribution is 5.87. The van der Waals surface area contributed by atoms with Crippen LogP contribution in [0.2, 0.25) is 0 Å². The van der Waals surface area contributed by atoms with Gasteiger partial charge in [-0.05, 0) is 30.7 Å². The second-order valence-electron chi connectivity index (χ2n) is 6.30. The van der Waals surface area contributed by atoms with Crippen LogP contribution in [0.15, 0.2) is 48.5 Å². The fourth-order valence-corrected chi connectivity index (χ4v) is 2.94. The number of ether oxygens (including phenoxy) is 1. The van der Waals surface area contributed by atoms with Gasteiger partial charge in [0, 0.05) is 12.4 Å². The average molecular weight is 367 g/mol. The number of aryl methyl sites for hydroxylation is 1. The molecule has 7 heteroatoms. The number of benzene rings is 2. The molecule has 0 aliphatic rings. The van der Waals surface area contributed by atoms with Gasteiger partial charge in [-0.2, -0.15) is 5.10 Å². The maximum Gasteiger partial charge on any atom is 0.341 e. The highest BCUT2D eigenvalue weighted by Crippen LogP contribution is 2.20. The third-order valence-electron chi connectivity index (χ3n) is 4.28. The molecule has 0 saturated carbocycles. The van der Waals surface area contributed by atoms with Gasteiger partial charge in [0.25, 0.3) is 0 Å². The summed E-state index contributed by atoms with van der Waals surface area (Å²) in [6.45, 7) is 1.51. The molecule has 0 aliphatic heterocycles. The van der Waals surface area contributed by atoms with Crippen LogP contribution in [0.4, 0.5) is 0 Å². The Morgan fingerprint density at radius 1 is 1.19 bits per heavy atom. The van der Waals surface area contributed by atoms with Crippen LogP contribution in [0.3, 0.4) is 0 Å². The van der Waals surface area contributed by atoms with Gasteiger partial charge < -0.3 is 15.2 Å². The predicted octanol–water partition coefficient (Wildman–Crippen LogP) is 2.46. The van der Waals surface area contributed by atoms with Crippen LogP contribution in [0.1, 0.15) is 24.2 Å². The molecule has 7 nitrogen and oxygen atoms in total. The van der Waals surface area contributed by atoms with Gasteiger partial charge >= 0.3 is 5.97 Å². The Balaban J connectivity index is 1.62. The minimum absolute atomic E-state index is 0.113. The van der Waals surface area contributed by atoms with Crippen molar-refractivity contribution in [3.8, 4) is 5.75 Å². The predicted molar refractivity (Wildman–Crippen MR) is 101 cm³/mol. The second kappa shape index (κ2) is 7.90. The van der Waals surface area contributed by atoms with Gasteiger partial charge in [-0.25, -0.2) is 4.79 Å². The van der Waals surface area contributed by atoms with Crippen molar-refractivity contribution in [1.29, 1.82) is 0 Å². The van der Waals surface area contributed by atoms with Crippen molar-refractivity contribution in [1.82, 2.24) is 15.1 Å². The third-order valence-corrected chi connectivity index (χ3v) is 4.28. The van der Waals surface area contributed by atoms with E-state index in [4.69, 9.17) is 9.84 Å². The lowest BCUT2D eigenvalue weighted by molar-refractivity contribution is -0.139. The fraction of sp³-hybridized carbons (Fsp3) is 0.250. The molecule has 1 unspecified atom stereocenters. The van der Waals surface area contributed by atoms with E-state index in [0.717, 1.165) is 22.2 Å². The summed E-state index contributed by atoms with van der Waals surface area (Å²) in [5.74, 6) is -0.668. The number of para-hydroxylation sites is 1. The van der Waals surface area contributed by atoms with Gasteiger partial charge in [-0.15, -0.1) is 0 Å².